The van der Waals surface area contributed by atoms with E-state index in [0.717, 1.165) is 25.9 Å². The Kier molecular flexibility index (Phi) is 3.60. The van der Waals surface area contributed by atoms with Crippen molar-refractivity contribution in [2.24, 2.45) is 5.92 Å². The Hall–Kier alpha value is -0.920. The summed E-state index contributed by atoms with van der Waals surface area (Å²) >= 11 is 0. The molecule has 3 rings (SSSR count). The molecule has 0 unspecified atom stereocenters. The second-order valence-corrected chi connectivity index (χ2v) is 7.52. The van der Waals surface area contributed by atoms with Crippen LogP contribution < -0.4 is 0 Å². The Bertz CT molecular complexity index is 566. The van der Waals surface area contributed by atoms with E-state index in [1.54, 1.807) is 18.2 Å². The van der Waals surface area contributed by atoms with Gasteiger partial charge in [-0.25, -0.2) is 8.42 Å². The highest BCUT2D eigenvalue weighted by Gasteiger charge is 2.42. The van der Waals surface area contributed by atoms with E-state index < -0.39 is 10.0 Å². The average molecular weight is 300 g/mol. The summed E-state index contributed by atoms with van der Waals surface area (Å²) in [5.74, 6) is 0.668. The molecule has 0 spiro atoms. The van der Waals surface area contributed by atoms with Crippen LogP contribution in [0, 0.1) is 19.8 Å². The monoisotopic (exact) mass is 300 g/mol. The van der Waals surface area contributed by atoms with Crippen molar-refractivity contribution in [3.8, 4) is 0 Å². The highest BCUT2D eigenvalue weighted by Crippen LogP contribution is 2.35. The Morgan fingerprint density at radius 3 is 2.55 bits per heavy atom. The molecule has 2 aliphatic rings. The van der Waals surface area contributed by atoms with Gasteiger partial charge in [-0.3, -0.25) is 0 Å². The molecule has 1 aliphatic heterocycles. The van der Waals surface area contributed by atoms with Gasteiger partial charge in [-0.15, -0.1) is 0 Å². The van der Waals surface area contributed by atoms with Gasteiger partial charge in [-0.05, 0) is 39.0 Å². The summed E-state index contributed by atoms with van der Waals surface area (Å²) in [6.45, 7) is 5.25. The topological polar surface area (TPSA) is 72.6 Å². The molecule has 0 radical (unpaired) electrons. The molecule has 7 heteroatoms. The van der Waals surface area contributed by atoms with Crippen LogP contribution in [0.1, 0.15) is 30.7 Å². The van der Waals surface area contributed by atoms with E-state index in [1.807, 2.05) is 0 Å². The fourth-order valence-electron chi connectivity index (χ4n) is 2.75. The molecular weight excluding hydrogens is 280 g/mol. The van der Waals surface area contributed by atoms with Crippen LogP contribution in [0.3, 0.4) is 0 Å². The molecule has 20 heavy (non-hydrogen) atoms. The molecule has 1 saturated carbocycles. The largest absolute Gasteiger partial charge is 0.381 e. The molecule has 0 amide bonds. The Morgan fingerprint density at radius 1 is 1.30 bits per heavy atom. The SMILES string of the molecule is Cc1noc(C)c1S(=O)(=O)N(C[C@@H]1CCOC1)C1CC1. The quantitative estimate of drug-likeness (QED) is 0.823. The van der Waals surface area contributed by atoms with Gasteiger partial charge in [-0.1, -0.05) is 5.16 Å². The first-order valence-corrected chi connectivity index (χ1v) is 8.46. The lowest BCUT2D eigenvalue weighted by Gasteiger charge is -2.24. The van der Waals surface area contributed by atoms with E-state index in [0.29, 0.717) is 30.5 Å². The zero-order chi connectivity index (χ0) is 14.3. The molecule has 2 fully saturated rings. The molecular formula is C13H20N2O4S. The van der Waals surface area contributed by atoms with Crippen LogP contribution in [0.15, 0.2) is 9.42 Å². The van der Waals surface area contributed by atoms with Gasteiger partial charge >= 0.3 is 0 Å². The van der Waals surface area contributed by atoms with E-state index in [4.69, 9.17) is 9.26 Å². The third kappa shape index (κ3) is 2.49. The number of aromatic nitrogens is 1. The molecule has 1 aromatic heterocycles. The van der Waals surface area contributed by atoms with E-state index in [9.17, 15) is 8.42 Å². The number of rotatable bonds is 5. The lowest BCUT2D eigenvalue weighted by molar-refractivity contribution is 0.180. The Morgan fingerprint density at radius 2 is 2.05 bits per heavy atom. The zero-order valence-corrected chi connectivity index (χ0v) is 12.6. The van der Waals surface area contributed by atoms with Gasteiger partial charge in [0.05, 0.1) is 6.61 Å². The summed E-state index contributed by atoms with van der Waals surface area (Å²) in [5.41, 5.74) is 0.441. The summed E-state index contributed by atoms with van der Waals surface area (Å²) in [5, 5.41) is 3.77. The van der Waals surface area contributed by atoms with Crippen LogP contribution in [0.4, 0.5) is 0 Å². The lowest BCUT2D eigenvalue weighted by atomic mass is 10.1. The van der Waals surface area contributed by atoms with Crippen molar-refractivity contribution in [2.75, 3.05) is 19.8 Å². The number of ether oxygens (including phenoxy) is 1. The van der Waals surface area contributed by atoms with Gasteiger partial charge in [0.1, 0.15) is 10.6 Å². The molecule has 6 nitrogen and oxygen atoms in total. The molecule has 1 saturated heterocycles. The minimum atomic E-state index is -3.52. The smallest absolute Gasteiger partial charge is 0.248 e. The van der Waals surface area contributed by atoms with Gasteiger partial charge in [0.25, 0.3) is 0 Å². The molecule has 0 N–H and O–H groups in total. The maximum atomic E-state index is 12.9. The first kappa shape index (κ1) is 14.0. The van der Waals surface area contributed by atoms with E-state index in [-0.39, 0.29) is 10.9 Å². The molecule has 2 heterocycles. The standard InChI is InChI=1S/C13H20N2O4S/c1-9-13(10(2)19-14-9)20(16,17)15(12-3-4-12)7-11-5-6-18-8-11/h11-12H,3-8H2,1-2H3/t11-/m0/s1. The summed E-state index contributed by atoms with van der Waals surface area (Å²) in [6, 6.07) is 0.134. The molecule has 0 aromatic carbocycles. The van der Waals surface area contributed by atoms with Crippen molar-refractivity contribution >= 4 is 10.0 Å². The highest BCUT2D eigenvalue weighted by molar-refractivity contribution is 7.89. The van der Waals surface area contributed by atoms with Gasteiger partial charge < -0.3 is 9.26 Å². The summed E-state index contributed by atoms with van der Waals surface area (Å²) in [6.07, 6.45) is 2.81. The fraction of sp³-hybridized carbons (Fsp3) is 0.769. The van der Waals surface area contributed by atoms with Gasteiger partial charge in [0.15, 0.2) is 5.76 Å². The minimum Gasteiger partial charge on any atom is -0.381 e. The summed E-state index contributed by atoms with van der Waals surface area (Å²) < 4.78 is 37.8. The molecule has 1 aromatic rings. The normalized spacial score (nSPS) is 23.6. The minimum absolute atomic E-state index is 0.134. The van der Waals surface area contributed by atoms with Crippen LogP contribution in [0.2, 0.25) is 0 Å². The van der Waals surface area contributed by atoms with Gasteiger partial charge in [0.2, 0.25) is 10.0 Å². The van der Waals surface area contributed by atoms with Crippen molar-refractivity contribution in [1.82, 2.24) is 9.46 Å². The van der Waals surface area contributed by atoms with Crippen molar-refractivity contribution in [3.05, 3.63) is 11.5 Å². The predicted molar refractivity (Wildman–Crippen MR) is 71.8 cm³/mol. The molecule has 1 atom stereocenters. The number of hydrogen-bond acceptors (Lipinski definition) is 5. The van der Waals surface area contributed by atoms with Crippen LogP contribution in [-0.2, 0) is 14.8 Å². The highest BCUT2D eigenvalue weighted by atomic mass is 32.2. The molecule has 112 valence electrons. The van der Waals surface area contributed by atoms with Crippen LogP contribution in [0.5, 0.6) is 0 Å². The van der Waals surface area contributed by atoms with Crippen molar-refractivity contribution in [1.29, 1.82) is 0 Å². The van der Waals surface area contributed by atoms with Crippen LogP contribution >= 0.6 is 0 Å². The first-order valence-electron chi connectivity index (χ1n) is 7.02. The number of hydrogen-bond donors (Lipinski definition) is 0. The van der Waals surface area contributed by atoms with E-state index >= 15 is 0 Å². The van der Waals surface area contributed by atoms with Crippen molar-refractivity contribution in [3.63, 3.8) is 0 Å². The van der Waals surface area contributed by atoms with Crippen molar-refractivity contribution < 1.29 is 17.7 Å². The molecule has 1 aliphatic carbocycles. The van der Waals surface area contributed by atoms with Gasteiger partial charge in [-0.2, -0.15) is 4.31 Å². The maximum Gasteiger partial charge on any atom is 0.248 e. The predicted octanol–water partition coefficient (Wildman–Crippen LogP) is 1.48. The van der Waals surface area contributed by atoms with Crippen LogP contribution in [-0.4, -0.2) is 43.7 Å². The third-order valence-electron chi connectivity index (χ3n) is 3.95. The third-order valence-corrected chi connectivity index (χ3v) is 6.11. The Balaban J connectivity index is 1.89. The van der Waals surface area contributed by atoms with E-state index in [1.165, 1.54) is 0 Å². The number of sulfonamides is 1. The zero-order valence-electron chi connectivity index (χ0n) is 11.8. The van der Waals surface area contributed by atoms with E-state index in [2.05, 4.69) is 5.16 Å². The fourth-order valence-corrected chi connectivity index (χ4v) is 4.80. The first-order chi connectivity index (χ1) is 9.50. The number of aryl methyl sites for hydroxylation is 2. The van der Waals surface area contributed by atoms with Crippen LogP contribution in [0.25, 0.3) is 0 Å². The summed E-state index contributed by atoms with van der Waals surface area (Å²) in [7, 11) is -3.52. The number of nitrogens with zero attached hydrogens (tertiary/aromatic N) is 2. The second kappa shape index (κ2) is 5.13. The lowest BCUT2D eigenvalue weighted by Crippen LogP contribution is -2.37. The average Bonchev–Trinajstić information content (AvgIpc) is 2.97. The Labute approximate surface area is 119 Å². The molecule has 0 bridgehead atoms. The summed E-state index contributed by atoms with van der Waals surface area (Å²) in [4.78, 5) is 0.239. The van der Waals surface area contributed by atoms with Crippen molar-refractivity contribution in [2.45, 2.75) is 44.0 Å². The maximum absolute atomic E-state index is 12.9. The second-order valence-electron chi connectivity index (χ2n) is 5.69. The van der Waals surface area contributed by atoms with Gasteiger partial charge in [0, 0.05) is 19.2 Å².